The fourth-order valence-electron chi connectivity index (χ4n) is 0.961. The molecule has 0 fully saturated rings. The molecule has 0 heterocycles. The second-order valence-electron chi connectivity index (χ2n) is 2.92. The average molecular weight is 220 g/mol. The highest BCUT2D eigenvalue weighted by Crippen LogP contribution is 2.21. The molecule has 0 saturated carbocycles. The first kappa shape index (κ1) is 13.8. The quantitative estimate of drug-likeness (QED) is 0.506. The molecule has 0 aromatic heterocycles. The van der Waals surface area contributed by atoms with Gasteiger partial charge in [0.25, 0.3) is 0 Å². The second-order valence-corrected chi connectivity index (χ2v) is 2.92. The Bertz CT molecular complexity index is 272. The van der Waals surface area contributed by atoms with Gasteiger partial charge in [-0.3, -0.25) is 0 Å². The van der Waals surface area contributed by atoms with Gasteiger partial charge in [0.1, 0.15) is 5.76 Å². The Morgan fingerprint density at radius 2 is 1.93 bits per heavy atom. The zero-order chi connectivity index (χ0) is 11.9. The zero-order valence-corrected chi connectivity index (χ0v) is 9.06. The maximum Gasteiger partial charge on any atom is 0.572 e. The van der Waals surface area contributed by atoms with Crippen molar-refractivity contribution >= 4 is 0 Å². The van der Waals surface area contributed by atoms with Crippen LogP contribution in [0.4, 0.5) is 13.2 Å². The van der Waals surface area contributed by atoms with Crippen molar-refractivity contribution in [2.75, 3.05) is 0 Å². The van der Waals surface area contributed by atoms with Crippen LogP contribution in [0.5, 0.6) is 0 Å². The molecule has 0 aliphatic heterocycles. The molecule has 0 atom stereocenters. The number of halogens is 3. The molecule has 0 aromatic carbocycles. The minimum absolute atomic E-state index is 0.153. The Morgan fingerprint density at radius 1 is 1.33 bits per heavy atom. The Kier molecular flexibility index (Phi) is 5.82. The summed E-state index contributed by atoms with van der Waals surface area (Å²) in [6.45, 7) is 4.99. The van der Waals surface area contributed by atoms with Crippen LogP contribution in [0, 0.1) is 0 Å². The third kappa shape index (κ3) is 7.85. The Labute approximate surface area is 87.9 Å². The summed E-state index contributed by atoms with van der Waals surface area (Å²) in [6, 6.07) is 0. The van der Waals surface area contributed by atoms with Gasteiger partial charge in [0.05, 0.1) is 0 Å². The van der Waals surface area contributed by atoms with Crippen molar-refractivity contribution < 1.29 is 17.9 Å². The first-order chi connectivity index (χ1) is 6.89. The Morgan fingerprint density at radius 3 is 2.33 bits per heavy atom. The molecule has 0 bridgehead atoms. The van der Waals surface area contributed by atoms with E-state index in [9.17, 15) is 13.2 Å². The lowest BCUT2D eigenvalue weighted by atomic mass is 10.1. The fraction of sp³-hybridized carbons (Fsp3) is 0.455. The molecule has 0 N–H and O–H groups in total. The van der Waals surface area contributed by atoms with Gasteiger partial charge < -0.3 is 4.74 Å². The van der Waals surface area contributed by atoms with Crippen molar-refractivity contribution in [2.24, 2.45) is 0 Å². The summed E-state index contributed by atoms with van der Waals surface area (Å²) in [5.74, 6) is -0.153. The van der Waals surface area contributed by atoms with Gasteiger partial charge in [-0.2, -0.15) is 0 Å². The van der Waals surface area contributed by atoms with Crippen LogP contribution >= 0.6 is 0 Å². The SMILES string of the molecule is C\C=C/C=C(\C=C(/C)OC(F)(F)F)CC. The van der Waals surface area contributed by atoms with Crippen LogP contribution in [0.3, 0.4) is 0 Å². The molecule has 1 nitrogen and oxygen atoms in total. The molecule has 0 unspecified atom stereocenters. The number of hydrogen-bond acceptors (Lipinski definition) is 1. The van der Waals surface area contributed by atoms with E-state index in [4.69, 9.17) is 0 Å². The summed E-state index contributed by atoms with van der Waals surface area (Å²) >= 11 is 0. The first-order valence-corrected chi connectivity index (χ1v) is 4.65. The number of alkyl halides is 3. The van der Waals surface area contributed by atoms with E-state index in [-0.39, 0.29) is 5.76 Å². The predicted molar refractivity (Wildman–Crippen MR) is 54.1 cm³/mol. The minimum Gasteiger partial charge on any atom is -0.411 e. The number of hydrogen-bond donors (Lipinski definition) is 0. The molecule has 15 heavy (non-hydrogen) atoms. The standard InChI is InChI=1S/C11H15F3O/c1-4-6-7-10(5-2)8-9(3)15-11(12,13)14/h4,6-8H,5H2,1-3H3/b6-4-,9-8+,10-7-. The lowest BCUT2D eigenvalue weighted by Crippen LogP contribution is -2.11. The van der Waals surface area contributed by atoms with E-state index in [1.54, 1.807) is 12.2 Å². The predicted octanol–water partition coefficient (Wildman–Crippen LogP) is 4.34. The van der Waals surface area contributed by atoms with Crippen molar-refractivity contribution in [2.45, 2.75) is 33.6 Å². The van der Waals surface area contributed by atoms with Gasteiger partial charge in [-0.15, -0.1) is 13.2 Å². The van der Waals surface area contributed by atoms with Crippen LogP contribution in [-0.2, 0) is 4.74 Å². The lowest BCUT2D eigenvalue weighted by Gasteiger charge is -2.09. The summed E-state index contributed by atoms with van der Waals surface area (Å²) in [5, 5.41) is 0. The van der Waals surface area contributed by atoms with Crippen molar-refractivity contribution in [1.29, 1.82) is 0 Å². The van der Waals surface area contributed by atoms with Crippen LogP contribution < -0.4 is 0 Å². The van der Waals surface area contributed by atoms with Gasteiger partial charge in [-0.1, -0.05) is 25.2 Å². The molecule has 0 spiro atoms. The van der Waals surface area contributed by atoms with Gasteiger partial charge >= 0.3 is 6.36 Å². The largest absolute Gasteiger partial charge is 0.572 e. The van der Waals surface area contributed by atoms with Crippen LogP contribution in [0.25, 0.3) is 0 Å². The van der Waals surface area contributed by atoms with Crippen molar-refractivity contribution in [3.63, 3.8) is 0 Å². The van der Waals surface area contributed by atoms with E-state index in [1.165, 1.54) is 13.0 Å². The van der Waals surface area contributed by atoms with E-state index >= 15 is 0 Å². The molecule has 0 amide bonds. The van der Waals surface area contributed by atoms with Gasteiger partial charge in [-0.25, -0.2) is 0 Å². The maximum atomic E-state index is 11.8. The highest BCUT2D eigenvalue weighted by atomic mass is 19.4. The average Bonchev–Trinajstić information content (AvgIpc) is 2.09. The van der Waals surface area contributed by atoms with Crippen molar-refractivity contribution in [3.8, 4) is 0 Å². The van der Waals surface area contributed by atoms with Gasteiger partial charge in [0.15, 0.2) is 0 Å². The second kappa shape index (κ2) is 6.32. The highest BCUT2D eigenvalue weighted by Gasteiger charge is 2.30. The topological polar surface area (TPSA) is 9.23 Å². The van der Waals surface area contributed by atoms with E-state index in [0.29, 0.717) is 6.42 Å². The molecule has 0 aromatic rings. The molecule has 0 aliphatic carbocycles. The van der Waals surface area contributed by atoms with Gasteiger partial charge in [0, 0.05) is 0 Å². The van der Waals surface area contributed by atoms with Crippen LogP contribution in [0.1, 0.15) is 27.2 Å². The summed E-state index contributed by atoms with van der Waals surface area (Å²) in [5.41, 5.74) is 0.787. The Balaban J connectivity index is 4.56. The minimum atomic E-state index is -4.61. The Hall–Kier alpha value is -1.19. The molecule has 86 valence electrons. The van der Waals surface area contributed by atoms with Crippen molar-refractivity contribution in [3.05, 3.63) is 35.6 Å². The lowest BCUT2D eigenvalue weighted by molar-refractivity contribution is -0.305. The van der Waals surface area contributed by atoms with Crippen molar-refractivity contribution in [1.82, 2.24) is 0 Å². The molecule has 0 aliphatic rings. The number of rotatable bonds is 4. The van der Waals surface area contributed by atoms with Crippen LogP contribution in [0.15, 0.2) is 35.6 Å². The van der Waals surface area contributed by atoms with Crippen LogP contribution in [-0.4, -0.2) is 6.36 Å². The third-order valence-electron chi connectivity index (χ3n) is 1.58. The summed E-state index contributed by atoms with van der Waals surface area (Å²) in [7, 11) is 0. The molecule has 4 heteroatoms. The normalized spacial score (nSPS) is 14.8. The molecular weight excluding hydrogens is 205 g/mol. The zero-order valence-electron chi connectivity index (χ0n) is 9.06. The maximum absolute atomic E-state index is 11.8. The monoisotopic (exact) mass is 220 g/mol. The van der Waals surface area contributed by atoms with E-state index in [2.05, 4.69) is 4.74 Å². The van der Waals surface area contributed by atoms with Crippen LogP contribution in [0.2, 0.25) is 0 Å². The summed E-state index contributed by atoms with van der Waals surface area (Å²) in [6.07, 6.45) is 2.76. The van der Waals surface area contributed by atoms with Gasteiger partial charge in [-0.05, 0) is 31.9 Å². The van der Waals surface area contributed by atoms with E-state index in [0.717, 1.165) is 5.57 Å². The van der Waals surface area contributed by atoms with Gasteiger partial charge in [0.2, 0.25) is 0 Å². The summed E-state index contributed by atoms with van der Waals surface area (Å²) < 4.78 is 39.2. The van der Waals surface area contributed by atoms with E-state index in [1.807, 2.05) is 19.9 Å². The molecule has 0 radical (unpaired) electrons. The molecular formula is C11H15F3O. The van der Waals surface area contributed by atoms with E-state index < -0.39 is 6.36 Å². The molecule has 0 saturated heterocycles. The fourth-order valence-corrected chi connectivity index (χ4v) is 0.961. The summed E-state index contributed by atoms with van der Waals surface area (Å²) in [4.78, 5) is 0. The smallest absolute Gasteiger partial charge is 0.411 e. The number of ether oxygens (including phenoxy) is 1. The molecule has 0 rings (SSSR count). The highest BCUT2D eigenvalue weighted by molar-refractivity contribution is 5.24. The first-order valence-electron chi connectivity index (χ1n) is 4.65. The third-order valence-corrected chi connectivity index (χ3v) is 1.58. The number of allylic oxidation sites excluding steroid dienone is 6.